The zero-order valence-corrected chi connectivity index (χ0v) is 12.1. The van der Waals surface area contributed by atoms with Crippen LogP contribution in [0.1, 0.15) is 30.5 Å². The van der Waals surface area contributed by atoms with Crippen molar-refractivity contribution in [3.05, 3.63) is 63.7 Å². The molecule has 0 aliphatic rings. The second-order valence-corrected chi connectivity index (χ2v) is 4.81. The summed E-state index contributed by atoms with van der Waals surface area (Å²) in [4.78, 5) is 10.6. The number of hydrogen-bond acceptors (Lipinski definition) is 4. The molecule has 110 valence electrons. The van der Waals surface area contributed by atoms with E-state index in [1.807, 2.05) is 31.2 Å². The van der Waals surface area contributed by atoms with Gasteiger partial charge in [-0.1, -0.05) is 31.2 Å². The van der Waals surface area contributed by atoms with Crippen LogP contribution in [0.15, 0.2) is 42.5 Å². The summed E-state index contributed by atoms with van der Waals surface area (Å²) >= 11 is 0. The van der Waals surface area contributed by atoms with E-state index in [4.69, 9.17) is 10.5 Å². The Morgan fingerprint density at radius 3 is 2.52 bits per heavy atom. The Labute approximate surface area is 123 Å². The van der Waals surface area contributed by atoms with Gasteiger partial charge in [-0.3, -0.25) is 10.1 Å². The first-order valence-corrected chi connectivity index (χ1v) is 6.81. The van der Waals surface area contributed by atoms with E-state index in [-0.39, 0.29) is 11.7 Å². The van der Waals surface area contributed by atoms with Gasteiger partial charge in [0.15, 0.2) is 0 Å². The van der Waals surface area contributed by atoms with Crippen LogP contribution in [0.4, 0.5) is 5.69 Å². The van der Waals surface area contributed by atoms with Crippen LogP contribution in [0.3, 0.4) is 0 Å². The van der Waals surface area contributed by atoms with Gasteiger partial charge in [0.2, 0.25) is 0 Å². The van der Waals surface area contributed by atoms with Crippen LogP contribution in [-0.2, 0) is 0 Å². The van der Waals surface area contributed by atoms with E-state index in [9.17, 15) is 10.1 Å². The highest BCUT2D eigenvalue weighted by Gasteiger charge is 2.16. The van der Waals surface area contributed by atoms with Crippen molar-refractivity contribution in [1.29, 1.82) is 0 Å². The van der Waals surface area contributed by atoms with E-state index in [1.54, 1.807) is 19.1 Å². The summed E-state index contributed by atoms with van der Waals surface area (Å²) in [5, 5.41) is 11.0. The summed E-state index contributed by atoms with van der Waals surface area (Å²) in [6.45, 7) is 3.68. The van der Waals surface area contributed by atoms with Crippen molar-refractivity contribution in [2.24, 2.45) is 5.73 Å². The lowest BCUT2D eigenvalue weighted by atomic mass is 10.0. The molecule has 0 saturated heterocycles. The molecule has 2 N–H and O–H groups in total. The van der Waals surface area contributed by atoms with Gasteiger partial charge in [-0.05, 0) is 25.5 Å². The summed E-state index contributed by atoms with van der Waals surface area (Å²) in [7, 11) is 0. The third-order valence-corrected chi connectivity index (χ3v) is 3.43. The van der Waals surface area contributed by atoms with Crippen LogP contribution in [0.2, 0.25) is 0 Å². The molecule has 2 aromatic rings. The molecule has 2 aromatic carbocycles. The number of para-hydroxylation sites is 1. The molecule has 0 aliphatic carbocycles. The largest absolute Gasteiger partial charge is 0.456 e. The highest BCUT2D eigenvalue weighted by atomic mass is 16.6. The molecule has 0 radical (unpaired) electrons. The maximum atomic E-state index is 11.0. The Morgan fingerprint density at radius 2 is 1.86 bits per heavy atom. The molecule has 0 bridgehead atoms. The van der Waals surface area contributed by atoms with Crippen molar-refractivity contribution in [2.75, 3.05) is 0 Å². The summed E-state index contributed by atoms with van der Waals surface area (Å²) in [6, 6.07) is 12.2. The SMILES string of the molecule is CC[C@H](N)c1ccccc1Oc1cccc([N+](=O)[O-])c1C. The Kier molecular flexibility index (Phi) is 4.55. The summed E-state index contributed by atoms with van der Waals surface area (Å²) in [5.74, 6) is 1.11. The van der Waals surface area contributed by atoms with Crippen molar-refractivity contribution in [2.45, 2.75) is 26.3 Å². The molecule has 0 amide bonds. The number of ether oxygens (including phenoxy) is 1. The average molecular weight is 286 g/mol. The van der Waals surface area contributed by atoms with Crippen molar-refractivity contribution in [3.63, 3.8) is 0 Å². The van der Waals surface area contributed by atoms with Crippen LogP contribution in [0.25, 0.3) is 0 Å². The fourth-order valence-corrected chi connectivity index (χ4v) is 2.13. The first-order chi connectivity index (χ1) is 10.0. The molecule has 5 heteroatoms. The number of nitrogens with two attached hydrogens (primary N) is 1. The van der Waals surface area contributed by atoms with Gasteiger partial charge >= 0.3 is 0 Å². The number of nitro groups is 1. The van der Waals surface area contributed by atoms with Crippen molar-refractivity contribution in [1.82, 2.24) is 0 Å². The van der Waals surface area contributed by atoms with Crippen LogP contribution in [0, 0.1) is 17.0 Å². The highest BCUT2D eigenvalue weighted by molar-refractivity contribution is 5.50. The summed E-state index contributed by atoms with van der Waals surface area (Å²) < 4.78 is 5.87. The van der Waals surface area contributed by atoms with E-state index >= 15 is 0 Å². The van der Waals surface area contributed by atoms with Gasteiger partial charge in [0.1, 0.15) is 11.5 Å². The minimum atomic E-state index is -0.411. The molecule has 2 rings (SSSR count). The number of nitrogens with zero attached hydrogens (tertiary/aromatic N) is 1. The number of benzene rings is 2. The molecule has 0 saturated carbocycles. The molecule has 0 spiro atoms. The maximum absolute atomic E-state index is 11.0. The molecule has 0 fully saturated rings. The monoisotopic (exact) mass is 286 g/mol. The summed E-state index contributed by atoms with van der Waals surface area (Å²) in [6.07, 6.45) is 0.786. The number of nitro benzene ring substituents is 1. The minimum absolute atomic E-state index is 0.0461. The topological polar surface area (TPSA) is 78.4 Å². The second kappa shape index (κ2) is 6.37. The lowest BCUT2D eigenvalue weighted by molar-refractivity contribution is -0.385. The third-order valence-electron chi connectivity index (χ3n) is 3.43. The van der Waals surface area contributed by atoms with E-state index in [0.29, 0.717) is 17.1 Å². The molecule has 0 aliphatic heterocycles. The zero-order valence-electron chi connectivity index (χ0n) is 12.1. The van der Waals surface area contributed by atoms with E-state index in [2.05, 4.69) is 0 Å². The molecule has 21 heavy (non-hydrogen) atoms. The molecule has 1 atom stereocenters. The summed E-state index contributed by atoms with van der Waals surface area (Å²) in [5.41, 5.74) is 7.52. The van der Waals surface area contributed by atoms with Crippen molar-refractivity contribution in [3.8, 4) is 11.5 Å². The smallest absolute Gasteiger partial charge is 0.276 e. The van der Waals surface area contributed by atoms with Gasteiger partial charge in [0.25, 0.3) is 5.69 Å². The minimum Gasteiger partial charge on any atom is -0.456 e. The molecule has 0 unspecified atom stereocenters. The fraction of sp³-hybridized carbons (Fsp3) is 0.250. The predicted molar refractivity (Wildman–Crippen MR) is 81.6 cm³/mol. The first kappa shape index (κ1) is 15.0. The van der Waals surface area contributed by atoms with Crippen LogP contribution in [0.5, 0.6) is 11.5 Å². The van der Waals surface area contributed by atoms with Gasteiger partial charge in [-0.2, -0.15) is 0 Å². The average Bonchev–Trinajstić information content (AvgIpc) is 2.49. The Morgan fingerprint density at radius 1 is 1.19 bits per heavy atom. The lowest BCUT2D eigenvalue weighted by Gasteiger charge is -2.16. The van der Waals surface area contributed by atoms with Gasteiger partial charge in [-0.25, -0.2) is 0 Å². The Bertz CT molecular complexity index is 656. The number of rotatable bonds is 5. The molecular formula is C16H18N2O3. The van der Waals surface area contributed by atoms with Gasteiger partial charge < -0.3 is 10.5 Å². The van der Waals surface area contributed by atoms with Gasteiger partial charge in [0, 0.05) is 17.7 Å². The van der Waals surface area contributed by atoms with E-state index in [1.165, 1.54) is 6.07 Å². The van der Waals surface area contributed by atoms with Crippen LogP contribution >= 0.6 is 0 Å². The quantitative estimate of drug-likeness (QED) is 0.662. The maximum Gasteiger partial charge on any atom is 0.276 e. The van der Waals surface area contributed by atoms with E-state index in [0.717, 1.165) is 12.0 Å². The zero-order chi connectivity index (χ0) is 15.4. The van der Waals surface area contributed by atoms with Crippen molar-refractivity contribution < 1.29 is 9.66 Å². The Balaban J connectivity index is 2.40. The number of hydrogen-bond donors (Lipinski definition) is 1. The standard InChI is InChI=1S/C16H18N2O3/c1-3-13(17)12-7-4-5-9-16(12)21-15-10-6-8-14(11(15)2)18(19)20/h4-10,13H,3,17H2,1-2H3/t13-/m0/s1. The predicted octanol–water partition coefficient (Wildman–Crippen LogP) is 4.11. The fourth-order valence-electron chi connectivity index (χ4n) is 2.13. The van der Waals surface area contributed by atoms with E-state index < -0.39 is 4.92 Å². The lowest BCUT2D eigenvalue weighted by Crippen LogP contribution is -2.10. The van der Waals surface area contributed by atoms with Gasteiger partial charge in [-0.15, -0.1) is 0 Å². The molecule has 0 aromatic heterocycles. The third kappa shape index (κ3) is 3.20. The van der Waals surface area contributed by atoms with Crippen LogP contribution < -0.4 is 10.5 Å². The van der Waals surface area contributed by atoms with Gasteiger partial charge in [0.05, 0.1) is 10.5 Å². The molecule has 0 heterocycles. The normalized spacial score (nSPS) is 12.0. The highest BCUT2D eigenvalue weighted by Crippen LogP contribution is 2.34. The van der Waals surface area contributed by atoms with Crippen molar-refractivity contribution >= 4 is 5.69 Å². The molecule has 5 nitrogen and oxygen atoms in total. The van der Waals surface area contributed by atoms with Crippen LogP contribution in [-0.4, -0.2) is 4.92 Å². The molecular weight excluding hydrogens is 268 g/mol. The first-order valence-electron chi connectivity index (χ1n) is 6.81. The Hall–Kier alpha value is -2.40. The second-order valence-electron chi connectivity index (χ2n) is 4.81.